The Morgan fingerprint density at radius 3 is 2.21 bits per heavy atom. The molecule has 1 saturated heterocycles. The Bertz CT molecular complexity index is 921. The van der Waals surface area contributed by atoms with Gasteiger partial charge in [-0.15, -0.1) is 10.2 Å². The van der Waals surface area contributed by atoms with E-state index in [1.807, 2.05) is 43.3 Å². The van der Waals surface area contributed by atoms with Gasteiger partial charge >= 0.3 is 0 Å². The number of nitrogens with zero attached hydrogens (tertiary/aromatic N) is 6. The number of carbonyl (C=O) groups is 1. The monoisotopic (exact) mass is 375 g/mol. The van der Waals surface area contributed by atoms with Crippen LogP contribution in [0.2, 0.25) is 0 Å². The molecule has 0 bridgehead atoms. The number of piperazine rings is 1. The summed E-state index contributed by atoms with van der Waals surface area (Å²) in [6.07, 6.45) is 3.50. The van der Waals surface area contributed by atoms with Gasteiger partial charge in [0.25, 0.3) is 5.91 Å². The van der Waals surface area contributed by atoms with Crippen molar-refractivity contribution in [2.24, 2.45) is 0 Å². The van der Waals surface area contributed by atoms with Crippen molar-refractivity contribution in [3.05, 3.63) is 66.1 Å². The molecule has 0 atom stereocenters. The molecule has 0 unspecified atom stereocenters. The molecule has 0 aliphatic carbocycles. The third-order valence-corrected chi connectivity index (χ3v) is 4.63. The highest BCUT2D eigenvalue weighted by Gasteiger charge is 2.20. The van der Waals surface area contributed by atoms with Crippen LogP contribution in [-0.2, 0) is 0 Å². The lowest BCUT2D eigenvalue weighted by molar-refractivity contribution is 0.102. The van der Waals surface area contributed by atoms with Gasteiger partial charge in [0.05, 0.1) is 0 Å². The van der Waals surface area contributed by atoms with E-state index in [0.717, 1.165) is 49.2 Å². The van der Waals surface area contributed by atoms with Crippen LogP contribution < -0.4 is 15.1 Å². The van der Waals surface area contributed by atoms with E-state index >= 15 is 0 Å². The maximum Gasteiger partial charge on any atom is 0.276 e. The molecular weight excluding hydrogens is 354 g/mol. The van der Waals surface area contributed by atoms with Crippen LogP contribution in [-0.4, -0.2) is 52.3 Å². The first-order valence-corrected chi connectivity index (χ1v) is 9.18. The molecule has 3 aromatic rings. The lowest BCUT2D eigenvalue weighted by Crippen LogP contribution is -2.47. The summed E-state index contributed by atoms with van der Waals surface area (Å²) in [5, 5.41) is 11.2. The van der Waals surface area contributed by atoms with E-state index < -0.39 is 0 Å². The Labute approximate surface area is 163 Å². The Morgan fingerprint density at radius 1 is 0.893 bits per heavy atom. The maximum absolute atomic E-state index is 12.3. The number of aryl methyl sites for hydroxylation is 1. The van der Waals surface area contributed by atoms with E-state index in [1.165, 1.54) is 0 Å². The third-order valence-electron chi connectivity index (χ3n) is 4.63. The summed E-state index contributed by atoms with van der Waals surface area (Å²) in [6, 6.07) is 13.0. The molecule has 1 fully saturated rings. The van der Waals surface area contributed by atoms with Gasteiger partial charge in [0.2, 0.25) is 5.95 Å². The number of carbonyl (C=O) groups excluding carboxylic acids is 1. The fourth-order valence-electron chi connectivity index (χ4n) is 3.04. The van der Waals surface area contributed by atoms with Crippen LogP contribution >= 0.6 is 0 Å². The molecule has 0 radical (unpaired) electrons. The normalized spacial score (nSPS) is 14.0. The fourth-order valence-corrected chi connectivity index (χ4v) is 3.04. The van der Waals surface area contributed by atoms with Crippen molar-refractivity contribution in [1.29, 1.82) is 0 Å². The van der Waals surface area contributed by atoms with Gasteiger partial charge in [0, 0.05) is 44.3 Å². The Kier molecular flexibility index (Phi) is 5.09. The minimum absolute atomic E-state index is 0.269. The number of amides is 1. The summed E-state index contributed by atoms with van der Waals surface area (Å²) in [7, 11) is 0. The molecule has 1 aliphatic heterocycles. The number of hydrogen-bond acceptors (Lipinski definition) is 7. The van der Waals surface area contributed by atoms with Gasteiger partial charge < -0.3 is 15.1 Å². The van der Waals surface area contributed by atoms with Crippen molar-refractivity contribution in [3.8, 4) is 0 Å². The predicted octanol–water partition coefficient (Wildman–Crippen LogP) is 2.15. The quantitative estimate of drug-likeness (QED) is 0.748. The maximum atomic E-state index is 12.3. The first-order chi connectivity index (χ1) is 13.7. The number of benzene rings is 1. The summed E-state index contributed by atoms with van der Waals surface area (Å²) < 4.78 is 0. The first-order valence-electron chi connectivity index (χ1n) is 9.18. The molecule has 1 amide bonds. The summed E-state index contributed by atoms with van der Waals surface area (Å²) in [6.45, 7) is 5.20. The minimum Gasteiger partial charge on any atom is -0.352 e. The van der Waals surface area contributed by atoms with Crippen LogP contribution in [0.25, 0.3) is 0 Å². The third kappa shape index (κ3) is 4.06. The van der Waals surface area contributed by atoms with Gasteiger partial charge in [-0.1, -0.05) is 17.7 Å². The molecule has 4 rings (SSSR count). The molecule has 3 heterocycles. The molecule has 1 N–H and O–H groups in total. The van der Waals surface area contributed by atoms with E-state index in [9.17, 15) is 4.79 Å². The number of aromatic nitrogens is 4. The summed E-state index contributed by atoms with van der Waals surface area (Å²) >= 11 is 0. The molecule has 0 spiro atoms. The summed E-state index contributed by atoms with van der Waals surface area (Å²) in [4.78, 5) is 25.2. The topological polar surface area (TPSA) is 87.1 Å². The van der Waals surface area contributed by atoms with E-state index in [0.29, 0.717) is 5.69 Å². The fraction of sp³-hybridized carbons (Fsp3) is 0.250. The van der Waals surface area contributed by atoms with Crippen molar-refractivity contribution in [2.45, 2.75) is 6.92 Å². The SMILES string of the molecule is Cc1ccc(NC(=O)c2ccc(N3CCN(c4ncccn4)CC3)nn2)cc1. The van der Waals surface area contributed by atoms with Crippen molar-refractivity contribution < 1.29 is 4.79 Å². The van der Waals surface area contributed by atoms with Crippen molar-refractivity contribution in [1.82, 2.24) is 20.2 Å². The van der Waals surface area contributed by atoms with Gasteiger partial charge in [0.1, 0.15) is 0 Å². The molecule has 2 aromatic heterocycles. The van der Waals surface area contributed by atoms with E-state index in [4.69, 9.17) is 0 Å². The predicted molar refractivity (Wildman–Crippen MR) is 108 cm³/mol. The van der Waals surface area contributed by atoms with E-state index in [-0.39, 0.29) is 5.91 Å². The number of rotatable bonds is 4. The van der Waals surface area contributed by atoms with Gasteiger partial charge in [-0.2, -0.15) is 0 Å². The van der Waals surface area contributed by atoms with Crippen LogP contribution in [0.1, 0.15) is 16.1 Å². The zero-order chi connectivity index (χ0) is 19.3. The van der Waals surface area contributed by atoms with Crippen molar-refractivity contribution in [3.63, 3.8) is 0 Å². The summed E-state index contributed by atoms with van der Waals surface area (Å²) in [5.74, 6) is 1.24. The highest BCUT2D eigenvalue weighted by Crippen LogP contribution is 2.16. The second kappa shape index (κ2) is 7.99. The minimum atomic E-state index is -0.269. The van der Waals surface area contributed by atoms with Crippen LogP contribution in [0.3, 0.4) is 0 Å². The van der Waals surface area contributed by atoms with Crippen molar-refractivity contribution in [2.75, 3.05) is 41.3 Å². The first kappa shape index (κ1) is 17.8. The molecular formula is C20H21N7O. The van der Waals surface area contributed by atoms with Gasteiger partial charge in [-0.3, -0.25) is 4.79 Å². The largest absolute Gasteiger partial charge is 0.352 e. The second-order valence-electron chi connectivity index (χ2n) is 6.62. The smallest absolute Gasteiger partial charge is 0.276 e. The highest BCUT2D eigenvalue weighted by molar-refractivity contribution is 6.02. The summed E-state index contributed by atoms with van der Waals surface area (Å²) in [5.41, 5.74) is 2.17. The standard InChI is InChI=1S/C20H21N7O/c1-15-3-5-16(6-4-15)23-19(28)17-7-8-18(25-24-17)26-11-13-27(14-12-26)20-21-9-2-10-22-20/h2-10H,11-14H2,1H3,(H,23,28). The van der Waals surface area contributed by atoms with Crippen LogP contribution in [0, 0.1) is 6.92 Å². The van der Waals surface area contributed by atoms with E-state index in [2.05, 4.69) is 35.3 Å². The van der Waals surface area contributed by atoms with Gasteiger partial charge in [-0.05, 0) is 37.3 Å². The van der Waals surface area contributed by atoms with E-state index in [1.54, 1.807) is 18.5 Å². The average Bonchev–Trinajstić information content (AvgIpc) is 2.76. The average molecular weight is 375 g/mol. The van der Waals surface area contributed by atoms with Gasteiger partial charge in [0.15, 0.2) is 11.5 Å². The lowest BCUT2D eigenvalue weighted by atomic mass is 10.2. The molecule has 1 aliphatic rings. The second-order valence-corrected chi connectivity index (χ2v) is 6.62. The Morgan fingerprint density at radius 2 is 1.57 bits per heavy atom. The van der Waals surface area contributed by atoms with Crippen molar-refractivity contribution >= 4 is 23.4 Å². The number of anilines is 3. The Balaban J connectivity index is 1.36. The molecule has 1 aromatic carbocycles. The van der Waals surface area contributed by atoms with Crippen LogP contribution in [0.4, 0.5) is 17.5 Å². The number of nitrogens with one attached hydrogen (secondary N) is 1. The molecule has 28 heavy (non-hydrogen) atoms. The zero-order valence-corrected chi connectivity index (χ0v) is 15.6. The lowest BCUT2D eigenvalue weighted by Gasteiger charge is -2.35. The molecule has 8 nitrogen and oxygen atoms in total. The number of hydrogen-bond donors (Lipinski definition) is 1. The molecule has 8 heteroatoms. The van der Waals surface area contributed by atoms with Crippen LogP contribution in [0.5, 0.6) is 0 Å². The molecule has 0 saturated carbocycles. The highest BCUT2D eigenvalue weighted by atomic mass is 16.1. The zero-order valence-electron chi connectivity index (χ0n) is 15.6. The Hall–Kier alpha value is -3.55. The van der Waals surface area contributed by atoms with Crippen LogP contribution in [0.15, 0.2) is 54.9 Å². The van der Waals surface area contributed by atoms with Gasteiger partial charge in [-0.25, -0.2) is 9.97 Å². The molecule has 142 valence electrons.